The Hall–Kier alpha value is -2.99. The second-order valence-corrected chi connectivity index (χ2v) is 9.56. The van der Waals surface area contributed by atoms with Crippen molar-refractivity contribution >= 4 is 17.6 Å². The van der Waals surface area contributed by atoms with Gasteiger partial charge in [-0.2, -0.15) is 5.10 Å². The second kappa shape index (κ2) is 10.5. The van der Waals surface area contributed by atoms with Gasteiger partial charge in [0.15, 0.2) is 0 Å². The molecule has 6 heteroatoms. The SMILES string of the molecule is CCOC(=O)C1CCCN(CC(=O)N2N=C(c3ccc(C)cc3)CC2c2cc(C)ccc2C)C1. The van der Waals surface area contributed by atoms with E-state index in [1.165, 1.54) is 11.1 Å². The first-order chi connectivity index (χ1) is 16.4. The number of carbonyl (C=O) groups excluding carboxylic acids is 2. The van der Waals surface area contributed by atoms with Crippen molar-refractivity contribution in [3.8, 4) is 0 Å². The Kier molecular flexibility index (Phi) is 7.47. The minimum Gasteiger partial charge on any atom is -0.466 e. The van der Waals surface area contributed by atoms with Gasteiger partial charge in [0.1, 0.15) is 0 Å². The lowest BCUT2D eigenvalue weighted by atomic mass is 9.93. The number of piperidine rings is 1. The average Bonchev–Trinajstić information content (AvgIpc) is 3.27. The van der Waals surface area contributed by atoms with Crippen LogP contribution in [-0.2, 0) is 14.3 Å². The summed E-state index contributed by atoms with van der Waals surface area (Å²) in [5, 5.41) is 6.53. The predicted molar refractivity (Wildman–Crippen MR) is 134 cm³/mol. The summed E-state index contributed by atoms with van der Waals surface area (Å²) in [4.78, 5) is 27.9. The molecule has 0 spiro atoms. The molecule has 2 aromatic rings. The summed E-state index contributed by atoms with van der Waals surface area (Å²) < 4.78 is 5.22. The molecule has 2 aliphatic rings. The first-order valence-corrected chi connectivity index (χ1v) is 12.3. The highest BCUT2D eigenvalue weighted by atomic mass is 16.5. The molecule has 2 unspecified atom stereocenters. The maximum atomic E-state index is 13.6. The Morgan fingerprint density at radius 1 is 1.06 bits per heavy atom. The standard InChI is InChI=1S/C28H35N3O3/c1-5-34-28(33)23-7-6-14-30(17-23)18-27(32)31-26(24-15-20(3)8-11-21(24)4)16-25(29-31)22-12-9-19(2)10-13-22/h8-13,15,23,26H,5-7,14,16-18H2,1-4H3. The Morgan fingerprint density at radius 3 is 2.53 bits per heavy atom. The van der Waals surface area contributed by atoms with Gasteiger partial charge in [-0.3, -0.25) is 14.5 Å². The van der Waals surface area contributed by atoms with Gasteiger partial charge in [0.25, 0.3) is 5.91 Å². The average molecular weight is 462 g/mol. The molecule has 2 aromatic carbocycles. The highest BCUT2D eigenvalue weighted by Gasteiger charge is 2.36. The zero-order chi connectivity index (χ0) is 24.2. The van der Waals surface area contributed by atoms with Crippen molar-refractivity contribution in [1.82, 2.24) is 9.91 Å². The third-order valence-corrected chi connectivity index (χ3v) is 6.83. The smallest absolute Gasteiger partial charge is 0.310 e. The van der Waals surface area contributed by atoms with Gasteiger partial charge >= 0.3 is 5.97 Å². The fourth-order valence-electron chi connectivity index (χ4n) is 4.94. The van der Waals surface area contributed by atoms with Crippen molar-refractivity contribution in [3.63, 3.8) is 0 Å². The number of carbonyl (C=O) groups is 2. The molecule has 6 nitrogen and oxygen atoms in total. The number of rotatable bonds is 6. The van der Waals surface area contributed by atoms with Crippen LogP contribution in [0.4, 0.5) is 0 Å². The van der Waals surface area contributed by atoms with E-state index in [1.807, 2.05) is 6.92 Å². The van der Waals surface area contributed by atoms with Crippen LogP contribution in [0.25, 0.3) is 0 Å². The van der Waals surface area contributed by atoms with Gasteiger partial charge in [0, 0.05) is 13.0 Å². The summed E-state index contributed by atoms with van der Waals surface area (Å²) in [6.07, 6.45) is 2.38. The minimum atomic E-state index is -0.165. The number of aryl methyl sites for hydroxylation is 3. The van der Waals surface area contributed by atoms with E-state index >= 15 is 0 Å². The lowest BCUT2D eigenvalue weighted by Crippen LogP contribution is -2.44. The van der Waals surface area contributed by atoms with E-state index in [-0.39, 0.29) is 30.4 Å². The molecule has 2 atom stereocenters. The zero-order valence-corrected chi connectivity index (χ0v) is 20.7. The van der Waals surface area contributed by atoms with Crippen LogP contribution in [0.5, 0.6) is 0 Å². The predicted octanol–water partition coefficient (Wildman–Crippen LogP) is 4.56. The van der Waals surface area contributed by atoms with Gasteiger partial charge in [-0.05, 0) is 63.8 Å². The van der Waals surface area contributed by atoms with Crippen LogP contribution in [0.15, 0.2) is 47.6 Å². The first kappa shape index (κ1) is 24.1. The number of hydrazone groups is 1. The highest BCUT2D eigenvalue weighted by Crippen LogP contribution is 2.35. The third-order valence-electron chi connectivity index (χ3n) is 6.83. The van der Waals surface area contributed by atoms with E-state index in [4.69, 9.17) is 9.84 Å². The van der Waals surface area contributed by atoms with Crippen LogP contribution in [0.3, 0.4) is 0 Å². The van der Waals surface area contributed by atoms with Crippen molar-refractivity contribution in [2.24, 2.45) is 11.0 Å². The molecule has 4 rings (SSSR count). The molecular formula is C28H35N3O3. The number of hydrogen-bond donors (Lipinski definition) is 0. The maximum Gasteiger partial charge on any atom is 0.310 e. The normalized spacial score (nSPS) is 20.8. The summed E-state index contributed by atoms with van der Waals surface area (Å²) in [5.74, 6) is -0.354. The molecule has 1 saturated heterocycles. The van der Waals surface area contributed by atoms with Gasteiger partial charge < -0.3 is 4.74 Å². The van der Waals surface area contributed by atoms with Gasteiger partial charge in [0.05, 0.1) is 30.8 Å². The van der Waals surface area contributed by atoms with Crippen molar-refractivity contribution in [3.05, 3.63) is 70.3 Å². The van der Waals surface area contributed by atoms with Gasteiger partial charge in [-0.1, -0.05) is 53.6 Å². The van der Waals surface area contributed by atoms with Crippen LogP contribution < -0.4 is 0 Å². The third kappa shape index (κ3) is 5.39. The van der Waals surface area contributed by atoms with Crippen LogP contribution in [-0.4, -0.2) is 53.7 Å². The summed E-state index contributed by atoms with van der Waals surface area (Å²) in [7, 11) is 0. The molecule has 0 N–H and O–H groups in total. The Bertz CT molecular complexity index is 1080. The lowest BCUT2D eigenvalue weighted by Gasteiger charge is -2.32. The molecule has 2 heterocycles. The van der Waals surface area contributed by atoms with Crippen LogP contribution in [0, 0.1) is 26.7 Å². The lowest BCUT2D eigenvalue weighted by molar-refractivity contribution is -0.150. The van der Waals surface area contributed by atoms with E-state index in [0.717, 1.165) is 41.8 Å². The summed E-state index contributed by atoms with van der Waals surface area (Å²) in [6.45, 7) is 10.1. The largest absolute Gasteiger partial charge is 0.466 e. The van der Waals surface area contributed by atoms with Gasteiger partial charge in [0.2, 0.25) is 0 Å². The van der Waals surface area contributed by atoms with Crippen molar-refractivity contribution in [2.45, 2.75) is 53.0 Å². The number of nitrogens with zero attached hydrogens (tertiary/aromatic N) is 3. The molecule has 1 fully saturated rings. The molecule has 2 aliphatic heterocycles. The van der Waals surface area contributed by atoms with Crippen LogP contribution in [0.2, 0.25) is 0 Å². The molecular weight excluding hydrogens is 426 g/mol. The Labute approximate surface area is 202 Å². The topological polar surface area (TPSA) is 62.2 Å². The van der Waals surface area contributed by atoms with Gasteiger partial charge in [-0.15, -0.1) is 0 Å². The van der Waals surface area contributed by atoms with Crippen molar-refractivity contribution in [1.29, 1.82) is 0 Å². The Balaban J connectivity index is 1.57. The molecule has 1 amide bonds. The van der Waals surface area contributed by atoms with Crippen LogP contribution in [0.1, 0.15) is 60.0 Å². The van der Waals surface area contributed by atoms with Crippen molar-refractivity contribution < 1.29 is 14.3 Å². The van der Waals surface area contributed by atoms with E-state index in [9.17, 15) is 9.59 Å². The molecule has 0 aliphatic carbocycles. The number of ether oxygens (including phenoxy) is 1. The molecule has 0 radical (unpaired) electrons. The molecule has 0 aromatic heterocycles. The van der Waals surface area contributed by atoms with E-state index in [0.29, 0.717) is 19.6 Å². The second-order valence-electron chi connectivity index (χ2n) is 9.56. The number of likely N-dealkylation sites (tertiary alicyclic amines) is 1. The maximum absolute atomic E-state index is 13.6. The zero-order valence-electron chi connectivity index (χ0n) is 20.7. The summed E-state index contributed by atoms with van der Waals surface area (Å²) >= 11 is 0. The van der Waals surface area contributed by atoms with E-state index < -0.39 is 0 Å². The summed E-state index contributed by atoms with van der Waals surface area (Å²) in [5.41, 5.74) is 6.66. The number of amides is 1. The van der Waals surface area contributed by atoms with Crippen molar-refractivity contribution in [2.75, 3.05) is 26.2 Å². The first-order valence-electron chi connectivity index (χ1n) is 12.3. The monoisotopic (exact) mass is 461 g/mol. The highest BCUT2D eigenvalue weighted by molar-refractivity contribution is 6.03. The molecule has 180 valence electrons. The van der Waals surface area contributed by atoms with E-state index in [1.54, 1.807) is 5.01 Å². The Morgan fingerprint density at radius 2 is 1.79 bits per heavy atom. The number of benzene rings is 2. The molecule has 34 heavy (non-hydrogen) atoms. The van der Waals surface area contributed by atoms with Gasteiger partial charge in [-0.25, -0.2) is 5.01 Å². The molecule has 0 bridgehead atoms. The van der Waals surface area contributed by atoms with E-state index in [2.05, 4.69) is 68.1 Å². The fourth-order valence-corrected chi connectivity index (χ4v) is 4.94. The summed E-state index contributed by atoms with van der Waals surface area (Å²) in [6, 6.07) is 14.6. The quantitative estimate of drug-likeness (QED) is 0.592. The number of hydrogen-bond acceptors (Lipinski definition) is 5. The van der Waals surface area contributed by atoms with Crippen LogP contribution >= 0.6 is 0 Å². The molecule has 0 saturated carbocycles. The minimum absolute atomic E-state index is 0.0301. The fraction of sp³-hybridized carbons (Fsp3) is 0.464. The number of esters is 1.